The molecule has 2 atom stereocenters. The molecule has 0 spiro atoms. The lowest BCUT2D eigenvalue weighted by molar-refractivity contribution is -0.132. The minimum atomic E-state index is -0.188. The molecule has 0 radical (unpaired) electrons. The van der Waals surface area contributed by atoms with Gasteiger partial charge in [-0.15, -0.1) is 0 Å². The molecule has 0 bridgehead atoms. The van der Waals surface area contributed by atoms with Crippen LogP contribution in [0.15, 0.2) is 24.3 Å². The summed E-state index contributed by atoms with van der Waals surface area (Å²) in [5.74, 6) is 0.220. The van der Waals surface area contributed by atoms with Crippen molar-refractivity contribution in [1.29, 1.82) is 0 Å². The number of amides is 2. The lowest BCUT2D eigenvalue weighted by Crippen LogP contribution is -2.39. The molecule has 0 aliphatic carbocycles. The Balaban J connectivity index is 1.47. The molecule has 1 aromatic carbocycles. The first kappa shape index (κ1) is 21.8. The molecule has 6 nitrogen and oxygen atoms in total. The molecule has 2 unspecified atom stereocenters. The third kappa shape index (κ3) is 5.17. The first-order valence-corrected chi connectivity index (χ1v) is 11.0. The maximum Gasteiger partial charge on any atom is 0.224 e. The summed E-state index contributed by atoms with van der Waals surface area (Å²) in [6, 6.07) is 7.80. The Bertz CT molecular complexity index is 723. The van der Waals surface area contributed by atoms with Crippen molar-refractivity contribution in [2.75, 3.05) is 44.6 Å². The van der Waals surface area contributed by atoms with E-state index in [-0.39, 0.29) is 36.7 Å². The Morgan fingerprint density at radius 1 is 1.21 bits per heavy atom. The van der Waals surface area contributed by atoms with Crippen LogP contribution < -0.4 is 5.32 Å². The maximum atomic E-state index is 12.7. The van der Waals surface area contributed by atoms with Gasteiger partial charge < -0.3 is 20.2 Å². The van der Waals surface area contributed by atoms with Gasteiger partial charge in [0.25, 0.3) is 0 Å². The van der Waals surface area contributed by atoms with Crippen molar-refractivity contribution < 1.29 is 14.7 Å². The smallest absolute Gasteiger partial charge is 0.224 e. The van der Waals surface area contributed by atoms with Gasteiger partial charge >= 0.3 is 0 Å². The number of anilines is 1. The van der Waals surface area contributed by atoms with Gasteiger partial charge in [0.05, 0.1) is 6.61 Å². The number of nitrogens with one attached hydrogen (secondary N) is 1. The number of aryl methyl sites for hydroxylation is 1. The monoisotopic (exact) mass is 401 g/mol. The number of hydrogen-bond donors (Lipinski definition) is 2. The highest BCUT2D eigenvalue weighted by molar-refractivity contribution is 5.93. The number of unbranched alkanes of at least 4 members (excludes halogenated alkanes) is 1. The summed E-state index contributed by atoms with van der Waals surface area (Å²) < 4.78 is 0. The van der Waals surface area contributed by atoms with Crippen LogP contribution in [-0.2, 0) is 16.0 Å². The molecule has 2 aliphatic heterocycles. The first-order chi connectivity index (χ1) is 14.0. The van der Waals surface area contributed by atoms with Gasteiger partial charge in [0.2, 0.25) is 11.8 Å². The summed E-state index contributed by atoms with van der Waals surface area (Å²) in [5, 5.41) is 13.0. The summed E-state index contributed by atoms with van der Waals surface area (Å²) >= 11 is 0. The van der Waals surface area contributed by atoms with Crippen LogP contribution in [0.4, 0.5) is 5.69 Å². The minimum Gasteiger partial charge on any atom is -0.396 e. The second kappa shape index (κ2) is 9.72. The number of aliphatic hydroxyl groups excluding tert-OH is 1. The average Bonchev–Trinajstić information content (AvgIpc) is 3.25. The van der Waals surface area contributed by atoms with Gasteiger partial charge in [0.1, 0.15) is 0 Å². The average molecular weight is 402 g/mol. The molecule has 0 saturated carbocycles. The van der Waals surface area contributed by atoms with Crippen LogP contribution in [0, 0.1) is 11.3 Å². The molecular weight excluding hydrogens is 366 g/mol. The normalized spacial score (nSPS) is 24.0. The van der Waals surface area contributed by atoms with Crippen molar-refractivity contribution in [3.63, 3.8) is 0 Å². The van der Waals surface area contributed by atoms with Crippen molar-refractivity contribution in [2.45, 2.75) is 46.0 Å². The van der Waals surface area contributed by atoms with Crippen molar-refractivity contribution in [2.24, 2.45) is 11.3 Å². The first-order valence-electron chi connectivity index (χ1n) is 11.0. The van der Waals surface area contributed by atoms with E-state index in [2.05, 4.69) is 24.1 Å². The lowest BCUT2D eigenvalue weighted by Gasteiger charge is -2.27. The molecule has 29 heavy (non-hydrogen) atoms. The number of fused-ring (bicyclic) bond motifs is 1. The standard InChI is InChI=1S/C23H35N3O3/c1-3-5-11-25-13-19-14-26(16-23(19,15-25)17-27)22(29)10-9-21(28)24-20-8-6-7-18(4-2)12-20/h6-8,12,19,27H,3-5,9-11,13-17H2,1-2H3,(H,24,28). The summed E-state index contributed by atoms with van der Waals surface area (Å²) in [7, 11) is 0. The van der Waals surface area contributed by atoms with E-state index in [9.17, 15) is 14.7 Å². The molecule has 1 aromatic rings. The van der Waals surface area contributed by atoms with Crippen LogP contribution in [0.3, 0.4) is 0 Å². The number of hydrogen-bond acceptors (Lipinski definition) is 4. The highest BCUT2D eigenvalue weighted by Crippen LogP contribution is 2.42. The minimum absolute atomic E-state index is 0.0183. The van der Waals surface area contributed by atoms with Crippen LogP contribution in [0.2, 0.25) is 0 Å². The molecule has 160 valence electrons. The van der Waals surface area contributed by atoms with E-state index < -0.39 is 0 Å². The van der Waals surface area contributed by atoms with Gasteiger partial charge in [-0.2, -0.15) is 0 Å². The Kier molecular flexibility index (Phi) is 7.30. The number of benzene rings is 1. The van der Waals surface area contributed by atoms with Gasteiger partial charge in [0.15, 0.2) is 0 Å². The highest BCUT2D eigenvalue weighted by Gasteiger charge is 2.52. The molecular formula is C23H35N3O3. The summed E-state index contributed by atoms with van der Waals surface area (Å²) in [6.45, 7) is 8.59. The topological polar surface area (TPSA) is 72.9 Å². The van der Waals surface area contributed by atoms with E-state index in [1.165, 1.54) is 18.4 Å². The number of carbonyl (C=O) groups excluding carboxylic acids is 2. The molecule has 2 N–H and O–H groups in total. The summed E-state index contributed by atoms with van der Waals surface area (Å²) in [5.41, 5.74) is 1.76. The third-order valence-corrected chi connectivity index (χ3v) is 6.51. The predicted octanol–water partition coefficient (Wildman–Crippen LogP) is 2.52. The molecule has 0 aromatic heterocycles. The fourth-order valence-electron chi connectivity index (χ4n) is 4.73. The van der Waals surface area contributed by atoms with E-state index in [0.717, 1.165) is 31.7 Å². The zero-order valence-corrected chi connectivity index (χ0v) is 17.8. The van der Waals surface area contributed by atoms with Crippen molar-refractivity contribution in [3.05, 3.63) is 29.8 Å². The maximum absolute atomic E-state index is 12.7. The number of likely N-dealkylation sites (tertiary alicyclic amines) is 2. The molecule has 3 rings (SSSR count). The fraction of sp³-hybridized carbons (Fsp3) is 0.652. The van der Waals surface area contributed by atoms with Gasteiger partial charge in [-0.3, -0.25) is 9.59 Å². The SMILES string of the molecule is CCCCN1CC2CN(C(=O)CCC(=O)Nc3cccc(CC)c3)CC2(CO)C1. The molecule has 2 fully saturated rings. The van der Waals surface area contributed by atoms with Crippen LogP contribution in [0.1, 0.15) is 45.1 Å². The summed E-state index contributed by atoms with van der Waals surface area (Å²) in [4.78, 5) is 29.3. The largest absolute Gasteiger partial charge is 0.396 e. The van der Waals surface area contributed by atoms with E-state index >= 15 is 0 Å². The highest BCUT2D eigenvalue weighted by atomic mass is 16.3. The van der Waals surface area contributed by atoms with Gasteiger partial charge in [0, 0.05) is 50.1 Å². The van der Waals surface area contributed by atoms with E-state index in [1.54, 1.807) is 0 Å². The second-order valence-corrected chi connectivity index (χ2v) is 8.68. The molecule has 2 amide bonds. The third-order valence-electron chi connectivity index (χ3n) is 6.51. The van der Waals surface area contributed by atoms with Crippen LogP contribution in [0.5, 0.6) is 0 Å². The molecule has 2 aliphatic rings. The lowest BCUT2D eigenvalue weighted by atomic mass is 9.82. The van der Waals surface area contributed by atoms with Crippen molar-refractivity contribution in [3.8, 4) is 0 Å². The van der Waals surface area contributed by atoms with Crippen LogP contribution in [-0.4, -0.2) is 66.1 Å². The van der Waals surface area contributed by atoms with Crippen LogP contribution >= 0.6 is 0 Å². The molecule has 6 heteroatoms. The Morgan fingerprint density at radius 3 is 2.72 bits per heavy atom. The predicted molar refractivity (Wildman–Crippen MR) is 115 cm³/mol. The number of aliphatic hydroxyl groups is 1. The Hall–Kier alpha value is -1.92. The Morgan fingerprint density at radius 2 is 2.03 bits per heavy atom. The van der Waals surface area contributed by atoms with Crippen LogP contribution in [0.25, 0.3) is 0 Å². The fourth-order valence-corrected chi connectivity index (χ4v) is 4.73. The van der Waals surface area contributed by atoms with E-state index in [4.69, 9.17) is 0 Å². The van der Waals surface area contributed by atoms with Crippen molar-refractivity contribution >= 4 is 17.5 Å². The zero-order valence-electron chi connectivity index (χ0n) is 17.8. The second-order valence-electron chi connectivity index (χ2n) is 8.68. The molecule has 2 saturated heterocycles. The number of rotatable bonds is 9. The number of nitrogens with zero attached hydrogens (tertiary/aromatic N) is 2. The van der Waals surface area contributed by atoms with Crippen molar-refractivity contribution in [1.82, 2.24) is 9.80 Å². The summed E-state index contributed by atoms with van der Waals surface area (Å²) in [6.07, 6.45) is 3.66. The van der Waals surface area contributed by atoms with Gasteiger partial charge in [-0.05, 0) is 43.0 Å². The van der Waals surface area contributed by atoms with Gasteiger partial charge in [-0.25, -0.2) is 0 Å². The Labute approximate surface area is 174 Å². The van der Waals surface area contributed by atoms with E-state index in [1.807, 2.05) is 29.2 Å². The quantitative estimate of drug-likeness (QED) is 0.667. The van der Waals surface area contributed by atoms with E-state index in [0.29, 0.717) is 19.0 Å². The van der Waals surface area contributed by atoms with Gasteiger partial charge in [-0.1, -0.05) is 32.4 Å². The number of carbonyl (C=O) groups is 2. The molecule has 2 heterocycles. The zero-order chi connectivity index (χ0) is 20.9.